The molecule has 1 fully saturated rings. The molecule has 144 valence electrons. The zero-order valence-electron chi connectivity index (χ0n) is 16.3. The number of amides is 1. The van der Waals surface area contributed by atoms with Crippen LogP contribution in [-0.4, -0.2) is 39.2 Å². The molecule has 1 aromatic heterocycles. The molecule has 0 radical (unpaired) electrons. The number of rotatable bonds is 7. The molecule has 0 aliphatic carbocycles. The first-order chi connectivity index (χ1) is 13.0. The lowest BCUT2D eigenvalue weighted by atomic mass is 9.96. The Labute approximate surface area is 161 Å². The molecule has 0 saturated carbocycles. The van der Waals surface area contributed by atoms with Crippen molar-refractivity contribution < 1.29 is 9.59 Å². The summed E-state index contributed by atoms with van der Waals surface area (Å²) in [4.78, 5) is 31.0. The molecule has 0 spiro atoms. The average molecular weight is 367 g/mol. The first kappa shape index (κ1) is 19.3. The van der Waals surface area contributed by atoms with Crippen LogP contribution in [-0.2, 0) is 11.3 Å². The van der Waals surface area contributed by atoms with Gasteiger partial charge in [0, 0.05) is 56.4 Å². The van der Waals surface area contributed by atoms with Gasteiger partial charge in [-0.3, -0.25) is 9.59 Å². The Morgan fingerprint density at radius 2 is 1.81 bits per heavy atom. The molecule has 3 rings (SSSR count). The van der Waals surface area contributed by atoms with Crippen molar-refractivity contribution in [1.82, 2.24) is 14.5 Å². The number of likely N-dealkylation sites (tertiary alicyclic amines) is 1. The van der Waals surface area contributed by atoms with E-state index in [9.17, 15) is 9.59 Å². The number of aromatic nitrogens is 2. The van der Waals surface area contributed by atoms with Crippen molar-refractivity contribution >= 4 is 11.7 Å². The van der Waals surface area contributed by atoms with Gasteiger partial charge in [-0.05, 0) is 18.8 Å². The minimum Gasteiger partial charge on any atom is -0.343 e. The quantitative estimate of drug-likeness (QED) is 0.697. The largest absolute Gasteiger partial charge is 0.343 e. The molecule has 1 aliphatic rings. The molecule has 1 aliphatic heterocycles. The number of piperidine rings is 1. The van der Waals surface area contributed by atoms with Gasteiger partial charge in [0.25, 0.3) is 0 Å². The Bertz CT molecular complexity index is 759. The summed E-state index contributed by atoms with van der Waals surface area (Å²) in [7, 11) is 0. The summed E-state index contributed by atoms with van der Waals surface area (Å²) < 4.78 is 2.26. The number of carbonyl (C=O) groups is 2. The normalized spacial score (nSPS) is 15.3. The van der Waals surface area contributed by atoms with Gasteiger partial charge < -0.3 is 9.47 Å². The number of Topliss-reactive ketones (excluding diaryl/α,β-unsaturated/α-hetero) is 1. The van der Waals surface area contributed by atoms with E-state index in [1.54, 1.807) is 12.1 Å². The van der Waals surface area contributed by atoms with Crippen molar-refractivity contribution in [1.29, 1.82) is 0 Å². The molecule has 1 aromatic carbocycles. The number of nitrogens with zero attached hydrogens (tertiary/aromatic N) is 3. The SMILES string of the molecule is CC(C)c1nccn1CC1CCN(C(=O)CCC(=O)c2ccccc2)CC1. The average Bonchev–Trinajstić information content (AvgIpc) is 3.15. The summed E-state index contributed by atoms with van der Waals surface area (Å²) >= 11 is 0. The molecule has 27 heavy (non-hydrogen) atoms. The van der Waals surface area contributed by atoms with Gasteiger partial charge in [-0.2, -0.15) is 0 Å². The van der Waals surface area contributed by atoms with Crippen LogP contribution >= 0.6 is 0 Å². The highest BCUT2D eigenvalue weighted by Crippen LogP contribution is 2.22. The molecule has 0 unspecified atom stereocenters. The third kappa shape index (κ3) is 5.06. The van der Waals surface area contributed by atoms with Crippen molar-refractivity contribution in [2.45, 2.75) is 52.0 Å². The van der Waals surface area contributed by atoms with Crippen molar-refractivity contribution in [2.24, 2.45) is 5.92 Å². The number of ketones is 1. The topological polar surface area (TPSA) is 55.2 Å². The fraction of sp³-hybridized carbons (Fsp3) is 0.500. The molecule has 2 heterocycles. The smallest absolute Gasteiger partial charge is 0.223 e. The maximum atomic E-state index is 12.5. The molecule has 0 bridgehead atoms. The van der Waals surface area contributed by atoms with Gasteiger partial charge in [-0.15, -0.1) is 0 Å². The monoisotopic (exact) mass is 367 g/mol. The predicted molar refractivity (Wildman–Crippen MR) is 106 cm³/mol. The predicted octanol–water partition coefficient (Wildman–Crippen LogP) is 3.91. The van der Waals surface area contributed by atoms with E-state index in [4.69, 9.17) is 0 Å². The first-order valence-corrected chi connectivity index (χ1v) is 9.91. The summed E-state index contributed by atoms with van der Waals surface area (Å²) in [5, 5.41) is 0. The molecule has 0 N–H and O–H groups in total. The molecule has 1 saturated heterocycles. The third-order valence-electron chi connectivity index (χ3n) is 5.35. The second-order valence-corrected chi connectivity index (χ2v) is 7.71. The Morgan fingerprint density at radius 3 is 2.48 bits per heavy atom. The summed E-state index contributed by atoms with van der Waals surface area (Å²) in [6.07, 6.45) is 6.54. The van der Waals surface area contributed by atoms with E-state index in [0.717, 1.165) is 38.3 Å². The van der Waals surface area contributed by atoms with E-state index >= 15 is 0 Å². The van der Waals surface area contributed by atoms with Crippen LogP contribution in [0.3, 0.4) is 0 Å². The van der Waals surface area contributed by atoms with E-state index in [-0.39, 0.29) is 18.1 Å². The van der Waals surface area contributed by atoms with Gasteiger partial charge in [0.15, 0.2) is 5.78 Å². The third-order valence-corrected chi connectivity index (χ3v) is 5.35. The molecule has 5 heteroatoms. The van der Waals surface area contributed by atoms with Gasteiger partial charge in [-0.25, -0.2) is 4.98 Å². The molecule has 2 aromatic rings. The van der Waals surface area contributed by atoms with Crippen molar-refractivity contribution in [3.8, 4) is 0 Å². The minimum absolute atomic E-state index is 0.0418. The van der Waals surface area contributed by atoms with Gasteiger partial charge in [0.2, 0.25) is 5.91 Å². The van der Waals surface area contributed by atoms with Crippen LogP contribution < -0.4 is 0 Å². The van der Waals surface area contributed by atoms with Gasteiger partial charge in [0.1, 0.15) is 5.82 Å². The number of hydrogen-bond acceptors (Lipinski definition) is 3. The zero-order chi connectivity index (χ0) is 19.2. The van der Waals surface area contributed by atoms with E-state index in [2.05, 4.69) is 29.6 Å². The number of imidazole rings is 1. The van der Waals surface area contributed by atoms with Crippen LogP contribution in [0.25, 0.3) is 0 Å². The molecule has 0 atom stereocenters. The van der Waals surface area contributed by atoms with Crippen LogP contribution in [0.15, 0.2) is 42.7 Å². The highest BCUT2D eigenvalue weighted by atomic mass is 16.2. The second-order valence-electron chi connectivity index (χ2n) is 7.71. The maximum absolute atomic E-state index is 12.5. The van der Waals surface area contributed by atoms with Gasteiger partial charge in [-0.1, -0.05) is 44.2 Å². The summed E-state index contributed by atoms with van der Waals surface area (Å²) in [5.74, 6) is 2.27. The summed E-state index contributed by atoms with van der Waals surface area (Å²) in [6, 6.07) is 9.20. The number of hydrogen-bond donors (Lipinski definition) is 0. The lowest BCUT2D eigenvalue weighted by Gasteiger charge is -2.32. The summed E-state index contributed by atoms with van der Waals surface area (Å²) in [5.41, 5.74) is 0.685. The van der Waals surface area contributed by atoms with Crippen molar-refractivity contribution in [2.75, 3.05) is 13.1 Å². The Kier molecular flexibility index (Phi) is 6.43. The summed E-state index contributed by atoms with van der Waals surface area (Å²) in [6.45, 7) is 6.87. The van der Waals surface area contributed by atoms with Crippen molar-refractivity contribution in [3.05, 3.63) is 54.1 Å². The van der Waals surface area contributed by atoms with Gasteiger partial charge in [0.05, 0.1) is 0 Å². The Hall–Kier alpha value is -2.43. The maximum Gasteiger partial charge on any atom is 0.223 e. The first-order valence-electron chi connectivity index (χ1n) is 9.91. The zero-order valence-corrected chi connectivity index (χ0v) is 16.3. The fourth-order valence-corrected chi connectivity index (χ4v) is 3.77. The highest BCUT2D eigenvalue weighted by molar-refractivity contribution is 5.97. The Morgan fingerprint density at radius 1 is 1.11 bits per heavy atom. The van der Waals surface area contributed by atoms with E-state index in [1.165, 1.54) is 0 Å². The van der Waals surface area contributed by atoms with E-state index in [1.807, 2.05) is 29.3 Å². The lowest BCUT2D eigenvalue weighted by Crippen LogP contribution is -2.39. The van der Waals surface area contributed by atoms with Crippen LogP contribution in [0.4, 0.5) is 0 Å². The van der Waals surface area contributed by atoms with Crippen LogP contribution in [0.5, 0.6) is 0 Å². The fourth-order valence-electron chi connectivity index (χ4n) is 3.77. The highest BCUT2D eigenvalue weighted by Gasteiger charge is 2.24. The van der Waals surface area contributed by atoms with Crippen molar-refractivity contribution in [3.63, 3.8) is 0 Å². The van der Waals surface area contributed by atoms with E-state index < -0.39 is 0 Å². The van der Waals surface area contributed by atoms with Crippen LogP contribution in [0.2, 0.25) is 0 Å². The number of carbonyl (C=O) groups excluding carboxylic acids is 2. The molecule has 1 amide bonds. The standard InChI is InChI=1S/C22H29N3O2/c1-17(2)22-23-12-15-25(22)16-18-10-13-24(14-11-18)21(27)9-8-20(26)19-6-4-3-5-7-19/h3-7,12,15,17-18H,8-11,13-14,16H2,1-2H3. The number of benzene rings is 1. The van der Waals surface area contributed by atoms with Crippen LogP contribution in [0, 0.1) is 5.92 Å². The van der Waals surface area contributed by atoms with E-state index in [0.29, 0.717) is 23.8 Å². The van der Waals surface area contributed by atoms with Gasteiger partial charge >= 0.3 is 0 Å². The second kappa shape index (κ2) is 8.98. The lowest BCUT2D eigenvalue weighted by molar-refractivity contribution is -0.132. The minimum atomic E-state index is 0.0418. The molecule has 5 nitrogen and oxygen atoms in total. The molecular weight excluding hydrogens is 338 g/mol. The Balaban J connectivity index is 1.44. The van der Waals surface area contributed by atoms with Crippen LogP contribution in [0.1, 0.15) is 61.6 Å². The molecular formula is C22H29N3O2.